The highest BCUT2D eigenvalue weighted by Gasteiger charge is 2.18. The van der Waals surface area contributed by atoms with Crippen LogP contribution in [0.2, 0.25) is 0 Å². The maximum absolute atomic E-state index is 12.0. The van der Waals surface area contributed by atoms with E-state index in [1.807, 2.05) is 72.1 Å². The van der Waals surface area contributed by atoms with Gasteiger partial charge in [0.2, 0.25) is 5.91 Å². The molecule has 0 aromatic heterocycles. The van der Waals surface area contributed by atoms with E-state index in [2.05, 4.69) is 11.4 Å². The van der Waals surface area contributed by atoms with Crippen molar-refractivity contribution in [1.82, 2.24) is 0 Å². The lowest BCUT2D eigenvalue weighted by molar-refractivity contribution is -0.120. The van der Waals surface area contributed by atoms with Crippen LogP contribution in [0.5, 0.6) is 5.75 Å². The Morgan fingerprint density at radius 1 is 1.04 bits per heavy atom. The molecular formula is C19H21NO3S2. The Kier molecular flexibility index (Phi) is 7.09. The van der Waals surface area contributed by atoms with E-state index in [9.17, 15) is 4.79 Å². The molecule has 1 aliphatic heterocycles. The molecule has 2 aromatic rings. The first-order chi connectivity index (χ1) is 12.3. The number of anilines is 1. The van der Waals surface area contributed by atoms with Crippen molar-refractivity contribution in [3.05, 3.63) is 60.2 Å². The molecule has 6 heteroatoms. The molecule has 0 bridgehead atoms. The van der Waals surface area contributed by atoms with E-state index in [1.54, 1.807) is 0 Å². The standard InChI is InChI=1S/C19H21NO3S2/c21-18(14-22-9-10-23-17-7-2-1-3-8-17)20-16-6-4-5-15(13-16)19-24-11-12-25-19/h1-8,13,19H,9-12,14H2,(H,20,21). The second kappa shape index (κ2) is 9.75. The van der Waals surface area contributed by atoms with Gasteiger partial charge in [0.25, 0.3) is 0 Å². The molecule has 1 saturated heterocycles. The number of hydrogen-bond donors (Lipinski definition) is 1. The van der Waals surface area contributed by atoms with Crippen LogP contribution >= 0.6 is 23.5 Å². The van der Waals surface area contributed by atoms with Crippen molar-refractivity contribution in [3.63, 3.8) is 0 Å². The van der Waals surface area contributed by atoms with Crippen molar-refractivity contribution >= 4 is 35.1 Å². The molecule has 1 aliphatic rings. The van der Waals surface area contributed by atoms with Gasteiger partial charge in [-0.1, -0.05) is 30.3 Å². The second-order valence-corrected chi connectivity index (χ2v) is 8.19. The van der Waals surface area contributed by atoms with Gasteiger partial charge < -0.3 is 14.8 Å². The van der Waals surface area contributed by atoms with Crippen molar-refractivity contribution in [2.45, 2.75) is 4.58 Å². The summed E-state index contributed by atoms with van der Waals surface area (Å²) < 4.78 is 11.4. The minimum Gasteiger partial charge on any atom is -0.491 e. The lowest BCUT2D eigenvalue weighted by Gasteiger charge is -2.11. The molecular weight excluding hydrogens is 354 g/mol. The fraction of sp³-hybridized carbons (Fsp3) is 0.316. The predicted octanol–water partition coefficient (Wildman–Crippen LogP) is 4.20. The minimum absolute atomic E-state index is 0.0231. The third-order valence-electron chi connectivity index (χ3n) is 3.54. The Hall–Kier alpha value is -1.63. The van der Waals surface area contributed by atoms with E-state index < -0.39 is 0 Å². The van der Waals surface area contributed by atoms with Gasteiger partial charge in [-0.25, -0.2) is 0 Å². The average Bonchev–Trinajstić information content (AvgIpc) is 3.17. The first-order valence-corrected chi connectivity index (χ1v) is 10.3. The third kappa shape index (κ3) is 5.99. The molecule has 0 radical (unpaired) electrons. The predicted molar refractivity (Wildman–Crippen MR) is 105 cm³/mol. The van der Waals surface area contributed by atoms with E-state index in [0.717, 1.165) is 11.4 Å². The number of rotatable bonds is 8. The van der Waals surface area contributed by atoms with Gasteiger partial charge >= 0.3 is 0 Å². The maximum Gasteiger partial charge on any atom is 0.250 e. The number of carbonyl (C=O) groups is 1. The van der Waals surface area contributed by atoms with Crippen LogP contribution in [0.15, 0.2) is 54.6 Å². The molecule has 0 unspecified atom stereocenters. The molecule has 3 rings (SSSR count). The summed E-state index contributed by atoms with van der Waals surface area (Å²) in [5, 5.41) is 2.89. The van der Waals surface area contributed by atoms with Crippen LogP contribution < -0.4 is 10.1 Å². The number of benzene rings is 2. The Morgan fingerprint density at radius 2 is 1.84 bits per heavy atom. The zero-order valence-electron chi connectivity index (χ0n) is 13.9. The van der Waals surface area contributed by atoms with Gasteiger partial charge in [0, 0.05) is 17.2 Å². The molecule has 0 spiro atoms. The number of nitrogens with one attached hydrogen (secondary N) is 1. The molecule has 1 heterocycles. The van der Waals surface area contributed by atoms with Crippen LogP contribution in [0.25, 0.3) is 0 Å². The van der Waals surface area contributed by atoms with Crippen LogP contribution in [-0.4, -0.2) is 37.2 Å². The van der Waals surface area contributed by atoms with E-state index >= 15 is 0 Å². The van der Waals surface area contributed by atoms with E-state index in [1.165, 1.54) is 17.1 Å². The van der Waals surface area contributed by atoms with Crippen molar-refractivity contribution < 1.29 is 14.3 Å². The Bertz CT molecular complexity index is 675. The monoisotopic (exact) mass is 375 g/mol. The van der Waals surface area contributed by atoms with Gasteiger partial charge in [-0.3, -0.25) is 4.79 Å². The molecule has 0 aliphatic carbocycles. The summed E-state index contributed by atoms with van der Waals surface area (Å²) in [6.07, 6.45) is 0. The molecule has 1 N–H and O–H groups in total. The van der Waals surface area contributed by atoms with E-state index in [4.69, 9.17) is 9.47 Å². The van der Waals surface area contributed by atoms with Crippen LogP contribution in [0.1, 0.15) is 10.1 Å². The summed E-state index contributed by atoms with van der Waals surface area (Å²) in [4.78, 5) is 12.0. The molecule has 2 aromatic carbocycles. The average molecular weight is 376 g/mol. The highest BCUT2D eigenvalue weighted by molar-refractivity contribution is 8.19. The lowest BCUT2D eigenvalue weighted by Crippen LogP contribution is -2.20. The molecule has 25 heavy (non-hydrogen) atoms. The van der Waals surface area contributed by atoms with Crippen molar-refractivity contribution in [1.29, 1.82) is 0 Å². The molecule has 132 valence electrons. The smallest absolute Gasteiger partial charge is 0.250 e. The first-order valence-electron chi connectivity index (χ1n) is 8.20. The quantitative estimate of drug-likeness (QED) is 0.701. The van der Waals surface area contributed by atoms with Crippen molar-refractivity contribution in [2.24, 2.45) is 0 Å². The van der Waals surface area contributed by atoms with Crippen LogP contribution in [-0.2, 0) is 9.53 Å². The summed E-state index contributed by atoms with van der Waals surface area (Å²) in [6.45, 7) is 0.815. The van der Waals surface area contributed by atoms with Crippen molar-refractivity contribution in [3.8, 4) is 5.75 Å². The van der Waals surface area contributed by atoms with Crippen molar-refractivity contribution in [2.75, 3.05) is 36.6 Å². The van der Waals surface area contributed by atoms with Gasteiger partial charge in [-0.15, -0.1) is 23.5 Å². The Balaban J connectivity index is 1.37. The van der Waals surface area contributed by atoms with E-state index in [0.29, 0.717) is 17.8 Å². The van der Waals surface area contributed by atoms with Gasteiger partial charge in [-0.2, -0.15) is 0 Å². The first kappa shape index (κ1) is 18.2. The number of ether oxygens (including phenoxy) is 2. The fourth-order valence-corrected chi connectivity index (χ4v) is 5.25. The molecule has 0 atom stereocenters. The normalized spacial score (nSPS) is 14.4. The third-order valence-corrected chi connectivity index (χ3v) is 6.64. The zero-order chi connectivity index (χ0) is 17.3. The maximum atomic E-state index is 12.0. The number of para-hydroxylation sites is 1. The van der Waals surface area contributed by atoms with Crippen LogP contribution in [0, 0.1) is 0 Å². The SMILES string of the molecule is O=C(COCCOc1ccccc1)Nc1cccc(C2SCCS2)c1. The van der Waals surface area contributed by atoms with E-state index in [-0.39, 0.29) is 12.5 Å². The zero-order valence-corrected chi connectivity index (χ0v) is 15.5. The molecule has 0 saturated carbocycles. The second-order valence-electron chi connectivity index (χ2n) is 5.46. The summed E-state index contributed by atoms with van der Waals surface area (Å²) >= 11 is 3.90. The summed E-state index contributed by atoms with van der Waals surface area (Å²) in [7, 11) is 0. The largest absolute Gasteiger partial charge is 0.491 e. The molecule has 4 nitrogen and oxygen atoms in total. The topological polar surface area (TPSA) is 47.6 Å². The summed E-state index contributed by atoms with van der Waals surface area (Å²) in [6, 6.07) is 17.6. The highest BCUT2D eigenvalue weighted by atomic mass is 32.2. The number of hydrogen-bond acceptors (Lipinski definition) is 5. The molecule has 1 amide bonds. The van der Waals surface area contributed by atoms with Gasteiger partial charge in [0.15, 0.2) is 0 Å². The van der Waals surface area contributed by atoms with Crippen LogP contribution in [0.4, 0.5) is 5.69 Å². The van der Waals surface area contributed by atoms with Gasteiger partial charge in [-0.05, 0) is 29.8 Å². The lowest BCUT2D eigenvalue weighted by atomic mass is 10.2. The Labute approximate surface area is 156 Å². The fourth-order valence-electron chi connectivity index (χ4n) is 2.41. The molecule has 1 fully saturated rings. The highest BCUT2D eigenvalue weighted by Crippen LogP contribution is 2.45. The number of amides is 1. The Morgan fingerprint density at radius 3 is 2.64 bits per heavy atom. The van der Waals surface area contributed by atoms with Crippen LogP contribution in [0.3, 0.4) is 0 Å². The summed E-state index contributed by atoms with van der Waals surface area (Å²) in [5.74, 6) is 3.02. The van der Waals surface area contributed by atoms with Gasteiger partial charge in [0.05, 0.1) is 11.2 Å². The number of carbonyl (C=O) groups excluding carboxylic acids is 1. The summed E-state index contributed by atoms with van der Waals surface area (Å²) in [5.41, 5.74) is 2.07. The minimum atomic E-state index is -0.149. The number of thioether (sulfide) groups is 2. The van der Waals surface area contributed by atoms with Gasteiger partial charge in [0.1, 0.15) is 19.0 Å².